The van der Waals surface area contributed by atoms with E-state index in [1.807, 2.05) is 37.3 Å². The molecule has 1 amide bonds. The van der Waals surface area contributed by atoms with Crippen molar-refractivity contribution >= 4 is 34.2 Å². The highest BCUT2D eigenvalue weighted by atomic mass is 127. The van der Waals surface area contributed by atoms with Crippen LogP contribution in [0.2, 0.25) is 0 Å². The van der Waals surface area contributed by atoms with E-state index < -0.39 is 0 Å². The van der Waals surface area contributed by atoms with E-state index in [1.54, 1.807) is 24.3 Å². The molecule has 1 heterocycles. The number of aryl methyl sites for hydroxylation is 1. The minimum absolute atomic E-state index is 0.137. The van der Waals surface area contributed by atoms with Crippen molar-refractivity contribution < 1.29 is 14.3 Å². The number of furan rings is 1. The first kappa shape index (κ1) is 16.7. The summed E-state index contributed by atoms with van der Waals surface area (Å²) in [5.74, 6) is 1.01. The molecule has 0 aliphatic carbocycles. The lowest BCUT2D eigenvalue weighted by Gasteiger charge is -2.10. The third kappa shape index (κ3) is 3.68. The van der Waals surface area contributed by atoms with Gasteiger partial charge in [-0.2, -0.15) is 0 Å². The Kier molecular flexibility index (Phi) is 5.01. The molecule has 0 aliphatic rings. The second-order valence-corrected chi connectivity index (χ2v) is 6.66. The maximum atomic E-state index is 12.4. The minimum Gasteiger partial charge on any atom is -0.459 e. The molecule has 0 radical (unpaired) electrons. The fourth-order valence-electron chi connectivity index (χ4n) is 2.32. The summed E-state index contributed by atoms with van der Waals surface area (Å²) in [4.78, 5) is 12.4. The Morgan fingerprint density at radius 2 is 1.88 bits per heavy atom. The Labute approximate surface area is 153 Å². The van der Waals surface area contributed by atoms with Crippen LogP contribution in [-0.4, -0.2) is 11.0 Å². The van der Waals surface area contributed by atoms with Crippen LogP contribution in [0.5, 0.6) is 0 Å². The number of hydrogen-bond acceptors (Lipinski definition) is 3. The van der Waals surface area contributed by atoms with Gasteiger partial charge in [0, 0.05) is 20.4 Å². The molecular formula is C19H16INO3. The van der Waals surface area contributed by atoms with Gasteiger partial charge in [-0.15, -0.1) is 0 Å². The molecule has 24 heavy (non-hydrogen) atoms. The van der Waals surface area contributed by atoms with E-state index in [2.05, 4.69) is 27.9 Å². The van der Waals surface area contributed by atoms with Crippen molar-refractivity contribution in [3.63, 3.8) is 0 Å². The molecule has 122 valence electrons. The molecule has 0 saturated carbocycles. The summed E-state index contributed by atoms with van der Waals surface area (Å²) in [6, 6.07) is 16.7. The van der Waals surface area contributed by atoms with Crippen LogP contribution < -0.4 is 5.32 Å². The number of amides is 1. The lowest BCUT2D eigenvalue weighted by molar-refractivity contribution is 0.102. The van der Waals surface area contributed by atoms with Crippen LogP contribution in [0, 0.1) is 10.5 Å². The smallest absolute Gasteiger partial charge is 0.255 e. The molecule has 0 atom stereocenters. The van der Waals surface area contributed by atoms with E-state index in [1.165, 1.54) is 0 Å². The SMILES string of the molecule is Cc1ccc(-c2ccc(CO)o2)cc1NC(=O)c1ccc(I)cc1. The molecule has 4 nitrogen and oxygen atoms in total. The number of aliphatic hydroxyl groups excluding tert-OH is 1. The first-order valence-electron chi connectivity index (χ1n) is 7.44. The van der Waals surface area contributed by atoms with Gasteiger partial charge in [0.25, 0.3) is 5.91 Å². The lowest BCUT2D eigenvalue weighted by Crippen LogP contribution is -2.12. The Bertz CT molecular complexity index is 869. The summed E-state index contributed by atoms with van der Waals surface area (Å²) in [5.41, 5.74) is 3.16. The summed E-state index contributed by atoms with van der Waals surface area (Å²) in [6.07, 6.45) is 0. The van der Waals surface area contributed by atoms with Gasteiger partial charge >= 0.3 is 0 Å². The van der Waals surface area contributed by atoms with E-state index >= 15 is 0 Å². The molecule has 0 unspecified atom stereocenters. The Morgan fingerprint density at radius 3 is 2.54 bits per heavy atom. The predicted octanol–water partition coefficient (Wildman–Crippen LogP) is 4.60. The summed E-state index contributed by atoms with van der Waals surface area (Å²) >= 11 is 2.20. The molecule has 3 rings (SSSR count). The number of rotatable bonds is 4. The zero-order valence-corrected chi connectivity index (χ0v) is 15.2. The van der Waals surface area contributed by atoms with Crippen molar-refractivity contribution in [1.82, 2.24) is 0 Å². The molecule has 0 aliphatic heterocycles. The number of carbonyl (C=O) groups excluding carboxylic acids is 1. The van der Waals surface area contributed by atoms with Crippen molar-refractivity contribution in [2.45, 2.75) is 13.5 Å². The van der Waals surface area contributed by atoms with Crippen LogP contribution in [-0.2, 0) is 6.61 Å². The molecule has 0 saturated heterocycles. The average molecular weight is 433 g/mol. The highest BCUT2D eigenvalue weighted by Crippen LogP contribution is 2.27. The molecule has 0 spiro atoms. The van der Waals surface area contributed by atoms with Crippen LogP contribution in [0.3, 0.4) is 0 Å². The van der Waals surface area contributed by atoms with Crippen molar-refractivity contribution in [3.05, 3.63) is 75.1 Å². The fraction of sp³-hybridized carbons (Fsp3) is 0.105. The van der Waals surface area contributed by atoms with Crippen molar-refractivity contribution in [2.75, 3.05) is 5.32 Å². The van der Waals surface area contributed by atoms with E-state index in [0.717, 1.165) is 20.4 Å². The molecule has 0 fully saturated rings. The number of aliphatic hydroxyl groups is 1. The topological polar surface area (TPSA) is 62.5 Å². The van der Waals surface area contributed by atoms with Crippen LogP contribution in [0.1, 0.15) is 21.7 Å². The number of carbonyl (C=O) groups is 1. The van der Waals surface area contributed by atoms with Gasteiger partial charge in [-0.3, -0.25) is 4.79 Å². The largest absolute Gasteiger partial charge is 0.459 e. The van der Waals surface area contributed by atoms with Crippen molar-refractivity contribution in [3.8, 4) is 11.3 Å². The van der Waals surface area contributed by atoms with Crippen LogP contribution in [0.15, 0.2) is 59.0 Å². The summed E-state index contributed by atoms with van der Waals surface area (Å²) in [6.45, 7) is 1.80. The molecule has 1 aromatic heterocycles. The van der Waals surface area contributed by atoms with Crippen LogP contribution in [0.25, 0.3) is 11.3 Å². The lowest BCUT2D eigenvalue weighted by atomic mass is 10.1. The van der Waals surface area contributed by atoms with E-state index in [4.69, 9.17) is 9.52 Å². The Balaban J connectivity index is 1.86. The van der Waals surface area contributed by atoms with Gasteiger partial charge < -0.3 is 14.8 Å². The zero-order valence-electron chi connectivity index (χ0n) is 13.0. The maximum absolute atomic E-state index is 12.4. The Hall–Kier alpha value is -2.12. The molecule has 0 bridgehead atoms. The highest BCUT2D eigenvalue weighted by molar-refractivity contribution is 14.1. The van der Waals surface area contributed by atoms with Gasteiger partial charge in [0.05, 0.1) is 0 Å². The van der Waals surface area contributed by atoms with Crippen LogP contribution >= 0.6 is 22.6 Å². The van der Waals surface area contributed by atoms with Gasteiger partial charge in [0.2, 0.25) is 0 Å². The normalized spacial score (nSPS) is 10.6. The first-order chi connectivity index (χ1) is 11.6. The molecule has 2 aromatic carbocycles. The summed E-state index contributed by atoms with van der Waals surface area (Å²) < 4.78 is 6.64. The van der Waals surface area contributed by atoms with Gasteiger partial charge in [0.1, 0.15) is 18.1 Å². The number of nitrogens with one attached hydrogen (secondary N) is 1. The zero-order chi connectivity index (χ0) is 17.1. The third-order valence-corrected chi connectivity index (χ3v) is 4.41. The minimum atomic E-state index is -0.151. The summed E-state index contributed by atoms with van der Waals surface area (Å²) in [7, 11) is 0. The number of anilines is 1. The van der Waals surface area contributed by atoms with E-state index in [9.17, 15) is 4.79 Å². The van der Waals surface area contributed by atoms with Crippen molar-refractivity contribution in [1.29, 1.82) is 0 Å². The molecule has 2 N–H and O–H groups in total. The van der Waals surface area contributed by atoms with Crippen LogP contribution in [0.4, 0.5) is 5.69 Å². The Morgan fingerprint density at radius 1 is 1.12 bits per heavy atom. The van der Waals surface area contributed by atoms with Gasteiger partial charge in [-0.05, 0) is 77.5 Å². The van der Waals surface area contributed by atoms with E-state index in [0.29, 0.717) is 17.1 Å². The second-order valence-electron chi connectivity index (χ2n) is 5.41. The predicted molar refractivity (Wildman–Crippen MR) is 102 cm³/mol. The fourth-order valence-corrected chi connectivity index (χ4v) is 2.68. The molecule has 5 heteroatoms. The standard InChI is InChI=1S/C19H16INO3/c1-12-2-3-14(18-9-8-16(11-22)24-18)10-17(12)21-19(23)13-4-6-15(20)7-5-13/h2-10,22H,11H2,1H3,(H,21,23). The first-order valence-corrected chi connectivity index (χ1v) is 8.52. The maximum Gasteiger partial charge on any atom is 0.255 e. The monoisotopic (exact) mass is 433 g/mol. The van der Waals surface area contributed by atoms with E-state index in [-0.39, 0.29) is 12.5 Å². The highest BCUT2D eigenvalue weighted by Gasteiger charge is 2.11. The second kappa shape index (κ2) is 7.19. The summed E-state index contributed by atoms with van der Waals surface area (Å²) in [5, 5.41) is 12.1. The number of hydrogen-bond donors (Lipinski definition) is 2. The molecular weight excluding hydrogens is 417 g/mol. The van der Waals surface area contributed by atoms with Gasteiger partial charge in [-0.25, -0.2) is 0 Å². The molecule has 3 aromatic rings. The van der Waals surface area contributed by atoms with Crippen molar-refractivity contribution in [2.24, 2.45) is 0 Å². The van der Waals surface area contributed by atoms with Gasteiger partial charge in [-0.1, -0.05) is 12.1 Å². The number of halogens is 1. The quantitative estimate of drug-likeness (QED) is 0.592. The average Bonchev–Trinajstić information content (AvgIpc) is 3.06. The third-order valence-electron chi connectivity index (χ3n) is 3.69. The van der Waals surface area contributed by atoms with Gasteiger partial charge in [0.15, 0.2) is 0 Å². The number of benzene rings is 2.